The first kappa shape index (κ1) is 81.4. The fourth-order valence-corrected chi connectivity index (χ4v) is 7.53. The van der Waals surface area contributed by atoms with Gasteiger partial charge in [0.15, 0.2) is 40.2 Å². The first-order valence-electron chi connectivity index (χ1n) is 26.5. The summed E-state index contributed by atoms with van der Waals surface area (Å²) >= 11 is 15.8. The number of nitrogens with zero attached hydrogens (tertiary/aromatic N) is 1. The second-order valence-corrected chi connectivity index (χ2v) is 21.3. The van der Waals surface area contributed by atoms with E-state index in [1.54, 1.807) is 146 Å². The second-order valence-electron chi connectivity index (χ2n) is 17.5. The average Bonchev–Trinajstić information content (AvgIpc) is 1.57. The molecule has 9 aromatic carbocycles. The van der Waals surface area contributed by atoms with Crippen molar-refractivity contribution in [1.82, 2.24) is 0 Å². The van der Waals surface area contributed by atoms with Crippen LogP contribution in [0.3, 0.4) is 0 Å². The third-order valence-corrected chi connectivity index (χ3v) is 13.3. The Labute approximate surface area is 572 Å². The second kappa shape index (κ2) is 47.3. The number of hydrogen-bond donors (Lipinski definition) is 5. The minimum atomic E-state index is -1.35. The Hall–Kier alpha value is -8.61. The van der Waals surface area contributed by atoms with Gasteiger partial charge in [-0.25, -0.2) is 0 Å². The molecule has 9 rings (SSSR count). The molecule has 0 amide bonds. The molecule has 17 nitrogen and oxygen atoms in total. The molecule has 0 spiro atoms. The molecule has 0 atom stereocenters. The Balaban J connectivity index is 0.000000526. The summed E-state index contributed by atoms with van der Waals surface area (Å²) in [6.45, 7) is 3.97. The SMILES string of the molecule is COc1ccc(Br)ccc1=O.COc1ccccc(-c2ccc(C)cc2)c1=O.COc1ccccc(Br)c1=O.COc1ccccc(Br)c1=O.COc1cccccc1=O.Cc1ccc(B(O)O)cc1.O=c1ccc(Br)ccc1O.O=c1cccccc1O.[B]=NS. The Bertz CT molecular complexity index is 4110. The number of benzene rings is 2. The Kier molecular flexibility index (Phi) is 41.9. The zero-order valence-electron chi connectivity index (χ0n) is 50.7. The quantitative estimate of drug-likeness (QED) is 0.0734. The minimum absolute atomic E-state index is 0.0821. The van der Waals surface area contributed by atoms with Gasteiger partial charge >= 0.3 is 31.9 Å². The van der Waals surface area contributed by atoms with E-state index in [0.29, 0.717) is 48.7 Å². The van der Waals surface area contributed by atoms with Crippen molar-refractivity contribution in [2.75, 3.05) is 35.5 Å². The van der Waals surface area contributed by atoms with E-state index in [2.05, 4.69) is 88.5 Å². The third kappa shape index (κ3) is 32.9. The molecule has 0 saturated carbocycles. The van der Waals surface area contributed by atoms with Crippen LogP contribution in [0.5, 0.6) is 40.2 Å². The monoisotopic (exact) mass is 1520 g/mol. The van der Waals surface area contributed by atoms with E-state index >= 15 is 0 Å². The first-order valence-corrected chi connectivity index (χ1v) is 30.1. The van der Waals surface area contributed by atoms with Crippen molar-refractivity contribution in [3.63, 3.8) is 0 Å². The maximum atomic E-state index is 12.2. The van der Waals surface area contributed by atoms with E-state index in [9.17, 15) is 33.6 Å². The molecular formula is C68H64B2Br4NO16S. The molecule has 1 radical (unpaired) electrons. The summed E-state index contributed by atoms with van der Waals surface area (Å²) in [5, 5.41) is 35.0. The molecule has 0 fully saturated rings. The summed E-state index contributed by atoms with van der Waals surface area (Å²) < 4.78 is 29.7. The van der Waals surface area contributed by atoms with Crippen LogP contribution in [0.15, 0.2) is 286 Å². The van der Waals surface area contributed by atoms with Gasteiger partial charge in [0.05, 0.1) is 44.5 Å². The van der Waals surface area contributed by atoms with Crippen LogP contribution in [-0.2, 0) is 0 Å². The number of hydrogen-bond acceptors (Lipinski definition) is 18. The van der Waals surface area contributed by atoms with Gasteiger partial charge in [0.2, 0.25) is 38.0 Å². The van der Waals surface area contributed by atoms with Crippen LogP contribution in [0.4, 0.5) is 0 Å². The van der Waals surface area contributed by atoms with Crippen LogP contribution in [0.25, 0.3) is 11.1 Å². The summed E-state index contributed by atoms with van der Waals surface area (Å²) in [4.78, 5) is 77.9. The van der Waals surface area contributed by atoms with Crippen molar-refractivity contribution in [3.8, 4) is 51.4 Å². The molecule has 4 N–H and O–H groups in total. The normalized spacial score (nSPS) is 9.18. The third-order valence-electron chi connectivity index (χ3n) is 11.0. The molecule has 0 unspecified atom stereocenters. The molecule has 92 heavy (non-hydrogen) atoms. The number of thiol groups is 1. The Morgan fingerprint density at radius 1 is 0.370 bits per heavy atom. The predicted molar refractivity (Wildman–Crippen MR) is 384 cm³/mol. The van der Waals surface area contributed by atoms with Crippen LogP contribution in [0.1, 0.15) is 11.1 Å². The van der Waals surface area contributed by atoms with Crippen LogP contribution in [-0.4, -0.2) is 70.6 Å². The van der Waals surface area contributed by atoms with Gasteiger partial charge in [0.1, 0.15) is 0 Å². The van der Waals surface area contributed by atoms with Crippen molar-refractivity contribution >= 4 is 96.8 Å². The predicted octanol–water partition coefficient (Wildman–Crippen LogP) is 11.7. The van der Waals surface area contributed by atoms with E-state index in [4.69, 9.17) is 43.9 Å². The Morgan fingerprint density at radius 3 is 1.15 bits per heavy atom. The van der Waals surface area contributed by atoms with Crippen LogP contribution >= 0.6 is 76.5 Å². The van der Waals surface area contributed by atoms with E-state index in [1.807, 2.05) is 62.4 Å². The molecular weight excluding hydrogens is 1460 g/mol. The number of ether oxygens (including phenoxy) is 5. The van der Waals surface area contributed by atoms with Gasteiger partial charge in [-0.3, -0.25) is 33.6 Å². The molecule has 0 aliphatic carbocycles. The number of aryl methyl sites for hydroxylation is 2. The summed E-state index contributed by atoms with van der Waals surface area (Å²) in [5.41, 5.74) is 3.14. The van der Waals surface area contributed by atoms with Crippen molar-refractivity contribution in [3.05, 3.63) is 331 Å². The summed E-state index contributed by atoms with van der Waals surface area (Å²) in [6, 6.07) is 64.1. The van der Waals surface area contributed by atoms with Crippen molar-refractivity contribution in [2.24, 2.45) is 4.30 Å². The van der Waals surface area contributed by atoms with Gasteiger partial charge in [-0.1, -0.05) is 170 Å². The number of halogens is 4. The van der Waals surface area contributed by atoms with Crippen LogP contribution in [0.2, 0.25) is 0 Å². The molecule has 0 aliphatic heterocycles. The topological polar surface area (TPSA) is 259 Å². The summed E-state index contributed by atoms with van der Waals surface area (Å²) in [7, 11) is 10.4. The van der Waals surface area contributed by atoms with Gasteiger partial charge in [0.25, 0.3) is 0 Å². The fourth-order valence-electron chi connectivity index (χ4n) is 6.30. The molecule has 9 aromatic rings. The average molecular weight is 1520 g/mol. The molecule has 0 saturated heterocycles. The van der Waals surface area contributed by atoms with Gasteiger partial charge in [-0.2, -0.15) is 0 Å². The molecule has 0 aliphatic rings. The molecule has 0 aromatic heterocycles. The van der Waals surface area contributed by atoms with Crippen molar-refractivity contribution in [2.45, 2.75) is 13.8 Å². The number of rotatable bonds is 7. The standard InChI is InChI=1S/C15H14O2.3C8H7BrO2.C8H8O2.C7H9BO2.C7H5BrO2.C7H6O2.BHNS/c1-11-7-9-12(10-8-11)13-5-3-4-6-14(17-2)15(13)16;1-11-8-5-3-6(9)2-4-7(8)10;2*1-11-7-5-3-2-4-6(9)8(7)10;1-10-8-6-4-2-3-5-7(8)9;1-6-2-4-7(5-3-6)8(9)10;8-5-1-3-6(9)7(10)4-2-5;8-6-4-2-1-3-5-7(6)9;1-2-3/h3-10H,1-2H3;3*2-5H,1H3;2-6H,1H3;2-5,9-10H,1H3;1-4H,(H,9,10);1-5H,(H,8,9);3H. The molecule has 24 heteroatoms. The summed E-state index contributed by atoms with van der Waals surface area (Å²) in [6.07, 6.45) is 0. The van der Waals surface area contributed by atoms with Gasteiger partial charge in [0, 0.05) is 14.5 Å². The first-order chi connectivity index (χ1) is 43.9. The van der Waals surface area contributed by atoms with E-state index < -0.39 is 7.12 Å². The van der Waals surface area contributed by atoms with Crippen LogP contribution in [0, 0.1) is 13.8 Å². The van der Waals surface area contributed by atoms with Crippen molar-refractivity contribution < 1.29 is 43.9 Å². The van der Waals surface area contributed by atoms with E-state index in [0.717, 1.165) is 20.1 Å². The number of methoxy groups -OCH3 is 5. The zero-order valence-corrected chi connectivity index (χ0v) is 57.9. The molecule has 477 valence electrons. The maximum absolute atomic E-state index is 12.2. The number of aromatic hydroxyl groups is 2. The van der Waals surface area contributed by atoms with Gasteiger partial charge in [-0.05, 0) is 160 Å². The fraction of sp³-hybridized carbons (Fsp3) is 0.103. The summed E-state index contributed by atoms with van der Waals surface area (Å²) in [5.74, 6) is 1.36. The van der Waals surface area contributed by atoms with E-state index in [1.165, 1.54) is 77.5 Å². The van der Waals surface area contributed by atoms with Gasteiger partial charge in [-0.15, -0.1) is 0 Å². The molecule has 0 heterocycles. The Morgan fingerprint density at radius 2 is 0.685 bits per heavy atom. The van der Waals surface area contributed by atoms with E-state index in [-0.39, 0.29) is 49.5 Å². The van der Waals surface area contributed by atoms with Crippen LogP contribution < -0.4 is 67.1 Å². The zero-order chi connectivity index (χ0) is 69.0. The van der Waals surface area contributed by atoms with Gasteiger partial charge < -0.3 is 43.9 Å². The van der Waals surface area contributed by atoms with Crippen molar-refractivity contribution in [1.29, 1.82) is 0 Å². The molecule has 0 bridgehead atoms.